The van der Waals surface area contributed by atoms with Crippen LogP contribution in [0.25, 0.3) is 10.8 Å². The van der Waals surface area contributed by atoms with Crippen LogP contribution in [-0.4, -0.2) is 0 Å². The van der Waals surface area contributed by atoms with Crippen molar-refractivity contribution in [3.05, 3.63) is 60.2 Å². The van der Waals surface area contributed by atoms with Crippen molar-refractivity contribution in [1.29, 1.82) is 0 Å². The molecular weight excluding hydrogens is 192 g/mol. The third-order valence-electron chi connectivity index (χ3n) is 4.31. The highest BCUT2D eigenvalue weighted by molar-refractivity contribution is 5.87. The van der Waals surface area contributed by atoms with E-state index in [1.54, 1.807) is 5.56 Å². The zero-order chi connectivity index (χ0) is 10.6. The van der Waals surface area contributed by atoms with Gasteiger partial charge < -0.3 is 0 Å². The van der Waals surface area contributed by atoms with E-state index in [0.29, 0.717) is 5.41 Å². The van der Waals surface area contributed by atoms with Gasteiger partial charge in [0.25, 0.3) is 0 Å². The van der Waals surface area contributed by atoms with E-state index in [4.69, 9.17) is 0 Å². The lowest BCUT2D eigenvalue weighted by Gasteiger charge is -2.15. The molecule has 0 nitrogen and oxygen atoms in total. The van der Waals surface area contributed by atoms with Gasteiger partial charge in [-0.2, -0.15) is 0 Å². The molecule has 4 rings (SSSR count). The van der Waals surface area contributed by atoms with Crippen LogP contribution < -0.4 is 0 Å². The van der Waals surface area contributed by atoms with Crippen molar-refractivity contribution in [2.75, 3.05) is 0 Å². The number of benzene rings is 2. The van der Waals surface area contributed by atoms with Crippen molar-refractivity contribution < 1.29 is 0 Å². The SMILES string of the molecule is C1=CC2C[C@]2(c2cccc3ccccc23)C1. The molecule has 0 radical (unpaired) electrons. The zero-order valence-corrected chi connectivity index (χ0v) is 9.19. The first-order valence-electron chi connectivity index (χ1n) is 6.05. The van der Waals surface area contributed by atoms with E-state index in [1.807, 2.05) is 0 Å². The maximum atomic E-state index is 2.40. The van der Waals surface area contributed by atoms with E-state index in [2.05, 4.69) is 54.6 Å². The van der Waals surface area contributed by atoms with Gasteiger partial charge in [-0.05, 0) is 35.1 Å². The monoisotopic (exact) mass is 206 g/mol. The van der Waals surface area contributed by atoms with Gasteiger partial charge in [-0.3, -0.25) is 0 Å². The average Bonchev–Trinajstić information content (AvgIpc) is 2.91. The molecule has 0 heteroatoms. The molecule has 2 atom stereocenters. The third-order valence-corrected chi connectivity index (χ3v) is 4.31. The van der Waals surface area contributed by atoms with Crippen LogP contribution >= 0.6 is 0 Å². The Morgan fingerprint density at radius 2 is 1.88 bits per heavy atom. The summed E-state index contributed by atoms with van der Waals surface area (Å²) in [4.78, 5) is 0. The van der Waals surface area contributed by atoms with Crippen molar-refractivity contribution in [2.24, 2.45) is 5.92 Å². The Hall–Kier alpha value is -1.56. The Morgan fingerprint density at radius 1 is 1.00 bits per heavy atom. The van der Waals surface area contributed by atoms with Crippen LogP contribution in [0.2, 0.25) is 0 Å². The fraction of sp³-hybridized carbons (Fsp3) is 0.250. The molecule has 78 valence electrons. The summed E-state index contributed by atoms with van der Waals surface area (Å²) in [6, 6.07) is 15.5. The molecule has 2 aromatic rings. The molecule has 0 aromatic heterocycles. The third kappa shape index (κ3) is 0.948. The number of hydrogen-bond donors (Lipinski definition) is 0. The highest BCUT2D eigenvalue weighted by atomic mass is 14.6. The lowest BCUT2D eigenvalue weighted by molar-refractivity contribution is 0.704. The maximum absolute atomic E-state index is 2.40. The van der Waals surface area contributed by atoms with E-state index in [9.17, 15) is 0 Å². The van der Waals surface area contributed by atoms with Gasteiger partial charge in [0.1, 0.15) is 0 Å². The summed E-state index contributed by atoms with van der Waals surface area (Å²) >= 11 is 0. The lowest BCUT2D eigenvalue weighted by atomic mass is 9.88. The summed E-state index contributed by atoms with van der Waals surface area (Å²) in [7, 11) is 0. The fourth-order valence-corrected chi connectivity index (χ4v) is 3.34. The topological polar surface area (TPSA) is 0 Å². The van der Waals surface area contributed by atoms with Crippen molar-refractivity contribution in [3.63, 3.8) is 0 Å². The van der Waals surface area contributed by atoms with Gasteiger partial charge in [-0.1, -0.05) is 54.6 Å². The van der Waals surface area contributed by atoms with Gasteiger partial charge in [-0.25, -0.2) is 0 Å². The minimum atomic E-state index is 0.473. The Bertz CT molecular complexity index is 589. The first-order chi connectivity index (χ1) is 7.90. The number of rotatable bonds is 1. The van der Waals surface area contributed by atoms with Gasteiger partial charge in [0.2, 0.25) is 0 Å². The van der Waals surface area contributed by atoms with E-state index in [0.717, 1.165) is 5.92 Å². The minimum Gasteiger partial charge on any atom is -0.0873 e. The number of allylic oxidation sites excluding steroid dienone is 2. The summed E-state index contributed by atoms with van der Waals surface area (Å²) in [5.74, 6) is 0.818. The first kappa shape index (κ1) is 8.58. The molecular formula is C16H14. The predicted octanol–water partition coefficient (Wildman–Crippen LogP) is 4.06. The van der Waals surface area contributed by atoms with Crippen LogP contribution in [0.1, 0.15) is 18.4 Å². The largest absolute Gasteiger partial charge is 0.0873 e. The molecule has 2 aliphatic carbocycles. The van der Waals surface area contributed by atoms with Crippen LogP contribution in [-0.2, 0) is 5.41 Å². The van der Waals surface area contributed by atoms with Crippen LogP contribution in [0.15, 0.2) is 54.6 Å². The minimum absolute atomic E-state index is 0.473. The maximum Gasteiger partial charge on any atom is 0.00625 e. The second-order valence-electron chi connectivity index (χ2n) is 5.13. The summed E-state index contributed by atoms with van der Waals surface area (Å²) in [6.45, 7) is 0. The zero-order valence-electron chi connectivity index (χ0n) is 9.19. The van der Waals surface area contributed by atoms with Gasteiger partial charge in [0.05, 0.1) is 0 Å². The molecule has 16 heavy (non-hydrogen) atoms. The Morgan fingerprint density at radius 3 is 2.69 bits per heavy atom. The van der Waals surface area contributed by atoms with Crippen molar-refractivity contribution >= 4 is 10.8 Å². The quantitative estimate of drug-likeness (QED) is 0.617. The van der Waals surface area contributed by atoms with Gasteiger partial charge >= 0.3 is 0 Å². The molecule has 0 heterocycles. The second kappa shape index (κ2) is 2.76. The molecule has 0 bridgehead atoms. The second-order valence-corrected chi connectivity index (χ2v) is 5.13. The number of fused-ring (bicyclic) bond motifs is 2. The standard InChI is InChI=1S/C16H14/c1-2-8-14-12(5-1)6-3-9-15(14)16-10-4-7-13(16)11-16/h1-9,13H,10-11H2/t13?,16-/m1/s1. The van der Waals surface area contributed by atoms with Gasteiger partial charge in [0, 0.05) is 5.41 Å². The van der Waals surface area contributed by atoms with Crippen LogP contribution in [0.3, 0.4) is 0 Å². The molecule has 0 amide bonds. The van der Waals surface area contributed by atoms with E-state index in [-0.39, 0.29) is 0 Å². The lowest BCUT2D eigenvalue weighted by Crippen LogP contribution is -2.05. The summed E-state index contributed by atoms with van der Waals surface area (Å²) in [6.07, 6.45) is 7.36. The molecule has 0 aliphatic heterocycles. The predicted molar refractivity (Wildman–Crippen MR) is 67.5 cm³/mol. The van der Waals surface area contributed by atoms with Crippen molar-refractivity contribution in [2.45, 2.75) is 18.3 Å². The molecule has 0 N–H and O–H groups in total. The molecule has 2 aliphatic rings. The van der Waals surface area contributed by atoms with Gasteiger partial charge in [-0.15, -0.1) is 0 Å². The first-order valence-corrected chi connectivity index (χ1v) is 6.05. The smallest absolute Gasteiger partial charge is 0.00625 e. The van der Waals surface area contributed by atoms with Gasteiger partial charge in [0.15, 0.2) is 0 Å². The Balaban J connectivity index is 1.99. The van der Waals surface area contributed by atoms with E-state index >= 15 is 0 Å². The Kier molecular flexibility index (Phi) is 1.48. The van der Waals surface area contributed by atoms with Crippen LogP contribution in [0.5, 0.6) is 0 Å². The molecule has 1 saturated carbocycles. The molecule has 1 unspecified atom stereocenters. The Labute approximate surface area is 95.6 Å². The van der Waals surface area contributed by atoms with Crippen LogP contribution in [0.4, 0.5) is 0 Å². The average molecular weight is 206 g/mol. The highest BCUT2D eigenvalue weighted by Gasteiger charge is 2.55. The normalized spacial score (nSPS) is 30.6. The van der Waals surface area contributed by atoms with Crippen molar-refractivity contribution in [1.82, 2.24) is 0 Å². The molecule has 0 saturated heterocycles. The molecule has 0 spiro atoms. The summed E-state index contributed by atoms with van der Waals surface area (Å²) < 4.78 is 0. The van der Waals surface area contributed by atoms with Crippen LogP contribution in [0, 0.1) is 5.92 Å². The number of hydrogen-bond acceptors (Lipinski definition) is 0. The van der Waals surface area contributed by atoms with E-state index < -0.39 is 0 Å². The van der Waals surface area contributed by atoms with Crippen molar-refractivity contribution in [3.8, 4) is 0 Å². The van der Waals surface area contributed by atoms with E-state index in [1.165, 1.54) is 23.6 Å². The fourth-order valence-electron chi connectivity index (χ4n) is 3.34. The summed E-state index contributed by atoms with van der Waals surface area (Å²) in [5.41, 5.74) is 2.04. The molecule has 2 aromatic carbocycles. The summed E-state index contributed by atoms with van der Waals surface area (Å²) in [5, 5.41) is 2.84. The highest BCUT2D eigenvalue weighted by Crippen LogP contribution is 2.62. The molecule has 1 fully saturated rings.